The molecule has 1 unspecified atom stereocenters. The minimum atomic E-state index is -2.97. The fraction of sp³-hybridized carbons (Fsp3) is 0.556. The molecule has 0 fully saturated rings. The maximum absolute atomic E-state index is 11.7. The molecule has 1 rings (SSSR count). The van der Waals surface area contributed by atoms with Crippen LogP contribution in [0, 0.1) is 0 Å². The van der Waals surface area contributed by atoms with Gasteiger partial charge in [0, 0.05) is 37.6 Å². The Morgan fingerprint density at radius 1 is 1.11 bits per heavy atom. The van der Waals surface area contributed by atoms with E-state index in [1.54, 1.807) is 7.05 Å². The fourth-order valence-electron chi connectivity index (χ4n) is 2.21. The Morgan fingerprint density at radius 3 is 2.21 bits per heavy atom. The molecule has 0 spiro atoms. The van der Waals surface area contributed by atoms with Crippen LogP contribution in [0.15, 0.2) is 29.3 Å². The molecule has 28 heavy (non-hydrogen) atoms. The lowest BCUT2D eigenvalue weighted by Crippen LogP contribution is -2.42. The zero-order chi connectivity index (χ0) is 20.4. The molecule has 0 saturated heterocycles. The van der Waals surface area contributed by atoms with Crippen LogP contribution >= 0.6 is 24.0 Å². The highest BCUT2D eigenvalue weighted by atomic mass is 127. The minimum absolute atomic E-state index is 0. The molecule has 10 heteroatoms. The van der Waals surface area contributed by atoms with E-state index in [-0.39, 0.29) is 47.8 Å². The van der Waals surface area contributed by atoms with Gasteiger partial charge in [0.15, 0.2) is 5.96 Å². The monoisotopic (exact) mass is 525 g/mol. The Labute approximate surface area is 185 Å². The van der Waals surface area contributed by atoms with E-state index in [1.165, 1.54) is 6.26 Å². The number of guanidine groups is 1. The first-order valence-corrected chi connectivity index (χ1v) is 11.0. The van der Waals surface area contributed by atoms with Gasteiger partial charge in [-0.2, -0.15) is 0 Å². The quantitative estimate of drug-likeness (QED) is 0.237. The molecule has 0 heterocycles. The first-order valence-electron chi connectivity index (χ1n) is 8.90. The summed E-state index contributed by atoms with van der Waals surface area (Å²) in [6, 6.07) is 7.33. The van der Waals surface area contributed by atoms with Gasteiger partial charge in [0.1, 0.15) is 9.84 Å². The number of nitrogens with zero attached hydrogens (tertiary/aromatic N) is 1. The van der Waals surface area contributed by atoms with Gasteiger partial charge in [-0.1, -0.05) is 12.1 Å². The van der Waals surface area contributed by atoms with E-state index in [4.69, 9.17) is 0 Å². The van der Waals surface area contributed by atoms with Crippen LogP contribution in [0.3, 0.4) is 0 Å². The van der Waals surface area contributed by atoms with Gasteiger partial charge in [-0.15, -0.1) is 24.0 Å². The van der Waals surface area contributed by atoms with Crippen LogP contribution in [0.5, 0.6) is 0 Å². The van der Waals surface area contributed by atoms with Crippen molar-refractivity contribution >= 4 is 51.5 Å². The van der Waals surface area contributed by atoms with Crippen LogP contribution < -0.4 is 21.3 Å². The number of hydrogen-bond acceptors (Lipinski definition) is 4. The second-order valence-electron chi connectivity index (χ2n) is 6.84. The molecule has 1 aromatic carbocycles. The van der Waals surface area contributed by atoms with Crippen molar-refractivity contribution in [3.8, 4) is 0 Å². The molecule has 0 aliphatic rings. The second-order valence-corrected chi connectivity index (χ2v) is 9.10. The van der Waals surface area contributed by atoms with Crippen LogP contribution in [-0.4, -0.2) is 51.5 Å². The van der Waals surface area contributed by atoms with Crippen LogP contribution in [0.2, 0.25) is 0 Å². The topological polar surface area (TPSA) is 112 Å². The number of carbonyl (C=O) groups is 1. The van der Waals surface area contributed by atoms with Crippen LogP contribution in [-0.2, 0) is 16.4 Å². The smallest absolute Gasteiger partial charge is 0.319 e. The van der Waals surface area contributed by atoms with E-state index in [0.717, 1.165) is 5.56 Å². The fourth-order valence-corrected chi connectivity index (χ4v) is 2.99. The summed E-state index contributed by atoms with van der Waals surface area (Å²) in [5.74, 6) is 0.742. The van der Waals surface area contributed by atoms with E-state index < -0.39 is 9.84 Å². The largest absolute Gasteiger partial charge is 0.354 e. The number of rotatable bonds is 8. The van der Waals surface area contributed by atoms with Crippen molar-refractivity contribution in [2.75, 3.05) is 24.4 Å². The van der Waals surface area contributed by atoms with Gasteiger partial charge in [-0.3, -0.25) is 4.99 Å². The van der Waals surface area contributed by atoms with E-state index in [1.807, 2.05) is 45.0 Å². The number of anilines is 1. The zero-order valence-electron chi connectivity index (χ0n) is 17.1. The SMILES string of the molecule is CN=C(NCc1ccc(NC(=O)NC(C)C)cc1)NC(C)CCS(C)(=O)=O.I. The first kappa shape index (κ1) is 26.4. The molecule has 0 saturated carbocycles. The van der Waals surface area contributed by atoms with E-state index >= 15 is 0 Å². The van der Waals surface area contributed by atoms with Gasteiger partial charge >= 0.3 is 6.03 Å². The van der Waals surface area contributed by atoms with Crippen molar-refractivity contribution < 1.29 is 13.2 Å². The number of aliphatic imine (C=N–C) groups is 1. The normalized spacial score (nSPS) is 12.7. The third kappa shape index (κ3) is 12.0. The number of amides is 2. The highest BCUT2D eigenvalue weighted by molar-refractivity contribution is 14.0. The van der Waals surface area contributed by atoms with Gasteiger partial charge in [0.05, 0.1) is 5.75 Å². The van der Waals surface area contributed by atoms with Gasteiger partial charge in [-0.25, -0.2) is 13.2 Å². The first-order chi connectivity index (χ1) is 12.6. The summed E-state index contributed by atoms with van der Waals surface area (Å²) in [6.07, 6.45) is 1.75. The summed E-state index contributed by atoms with van der Waals surface area (Å²) >= 11 is 0. The number of carbonyl (C=O) groups excluding carboxylic acids is 1. The van der Waals surface area contributed by atoms with E-state index in [9.17, 15) is 13.2 Å². The standard InChI is InChI=1S/C18H31N5O3S.HI/c1-13(2)21-18(24)23-16-8-6-15(7-9-16)12-20-17(19-4)22-14(3)10-11-27(5,25)26;/h6-9,13-14H,10-12H2,1-5H3,(H2,19,20,22)(H2,21,23,24);1H. The highest BCUT2D eigenvalue weighted by Crippen LogP contribution is 2.09. The molecular weight excluding hydrogens is 493 g/mol. The van der Waals surface area contributed by atoms with Crippen molar-refractivity contribution in [3.63, 3.8) is 0 Å². The van der Waals surface area contributed by atoms with Crippen LogP contribution in [0.4, 0.5) is 10.5 Å². The van der Waals surface area contributed by atoms with Crippen molar-refractivity contribution in [2.45, 2.75) is 45.8 Å². The highest BCUT2D eigenvalue weighted by Gasteiger charge is 2.09. The van der Waals surface area contributed by atoms with E-state index in [2.05, 4.69) is 26.3 Å². The maximum atomic E-state index is 11.7. The number of hydrogen-bond donors (Lipinski definition) is 4. The minimum Gasteiger partial charge on any atom is -0.354 e. The third-order valence-corrected chi connectivity index (χ3v) is 4.60. The summed E-state index contributed by atoms with van der Waals surface area (Å²) in [5, 5.41) is 11.9. The van der Waals surface area contributed by atoms with Gasteiger partial charge < -0.3 is 21.3 Å². The molecule has 160 valence electrons. The van der Waals surface area contributed by atoms with Crippen molar-refractivity contribution in [2.24, 2.45) is 4.99 Å². The average Bonchev–Trinajstić information content (AvgIpc) is 2.56. The molecule has 4 N–H and O–H groups in total. The number of sulfone groups is 1. The Bertz CT molecular complexity index is 736. The molecule has 8 nitrogen and oxygen atoms in total. The number of urea groups is 1. The summed E-state index contributed by atoms with van der Waals surface area (Å²) in [7, 11) is -1.31. The number of nitrogens with one attached hydrogen (secondary N) is 4. The average molecular weight is 525 g/mol. The summed E-state index contributed by atoms with van der Waals surface area (Å²) < 4.78 is 22.5. The van der Waals surface area contributed by atoms with E-state index in [0.29, 0.717) is 24.6 Å². The third-order valence-electron chi connectivity index (χ3n) is 3.62. The molecule has 0 aliphatic heterocycles. The number of benzene rings is 1. The zero-order valence-corrected chi connectivity index (χ0v) is 20.2. The summed E-state index contributed by atoms with van der Waals surface area (Å²) in [5.41, 5.74) is 1.74. The Kier molecular flexibility index (Phi) is 12.1. The molecule has 2 amide bonds. The molecule has 0 aliphatic carbocycles. The molecule has 0 bridgehead atoms. The molecule has 0 radical (unpaired) electrons. The Balaban J connectivity index is 0.00000729. The predicted molar refractivity (Wildman–Crippen MR) is 126 cm³/mol. The lowest BCUT2D eigenvalue weighted by atomic mass is 10.2. The Morgan fingerprint density at radius 2 is 1.71 bits per heavy atom. The van der Waals surface area contributed by atoms with Gasteiger partial charge in [-0.05, 0) is 44.9 Å². The van der Waals surface area contributed by atoms with Crippen LogP contribution in [0.1, 0.15) is 32.8 Å². The number of halogens is 1. The maximum Gasteiger partial charge on any atom is 0.319 e. The molecule has 1 atom stereocenters. The predicted octanol–water partition coefficient (Wildman–Crippen LogP) is 2.32. The van der Waals surface area contributed by atoms with Crippen molar-refractivity contribution in [1.29, 1.82) is 0 Å². The lowest BCUT2D eigenvalue weighted by molar-refractivity contribution is 0.250. The van der Waals surface area contributed by atoms with Crippen molar-refractivity contribution in [3.05, 3.63) is 29.8 Å². The molecular formula is C18H32IN5O3S. The van der Waals surface area contributed by atoms with Crippen molar-refractivity contribution in [1.82, 2.24) is 16.0 Å². The molecule has 1 aromatic rings. The summed E-state index contributed by atoms with van der Waals surface area (Å²) in [6.45, 7) is 6.27. The second kappa shape index (κ2) is 12.8. The van der Waals surface area contributed by atoms with Gasteiger partial charge in [0.25, 0.3) is 0 Å². The van der Waals surface area contributed by atoms with Gasteiger partial charge in [0.2, 0.25) is 0 Å². The van der Waals surface area contributed by atoms with Crippen LogP contribution in [0.25, 0.3) is 0 Å². The Hall–Kier alpha value is -1.56. The lowest BCUT2D eigenvalue weighted by Gasteiger charge is -2.17. The molecule has 0 aromatic heterocycles. The summed E-state index contributed by atoms with van der Waals surface area (Å²) in [4.78, 5) is 15.8.